The average molecular weight is 586 g/mol. The third-order valence-corrected chi connectivity index (χ3v) is 9.77. The molecular formula is C37H39N5O2. The van der Waals surface area contributed by atoms with Crippen LogP contribution in [0.5, 0.6) is 0 Å². The molecule has 3 aromatic heterocycles. The second kappa shape index (κ2) is 11.2. The molecule has 0 aliphatic heterocycles. The second-order valence-corrected chi connectivity index (χ2v) is 12.7. The number of rotatable bonds is 7. The smallest absolute Gasteiger partial charge is 0.252 e. The van der Waals surface area contributed by atoms with Gasteiger partial charge in [0, 0.05) is 35.8 Å². The largest absolute Gasteiger partial charge is 0.339 e. The number of nitrogens with one attached hydrogen (secondary N) is 1. The van der Waals surface area contributed by atoms with Crippen LogP contribution in [0.25, 0.3) is 39.4 Å². The van der Waals surface area contributed by atoms with E-state index in [2.05, 4.69) is 39.6 Å². The topological polar surface area (TPSA) is 81.8 Å². The van der Waals surface area contributed by atoms with E-state index in [1.165, 1.54) is 43.2 Å². The van der Waals surface area contributed by atoms with Crippen LogP contribution in [-0.2, 0) is 17.4 Å². The van der Waals surface area contributed by atoms with Crippen LogP contribution in [0.1, 0.15) is 91.6 Å². The predicted octanol–water partition coefficient (Wildman–Crippen LogP) is 7.82. The maximum Gasteiger partial charge on any atom is 0.252 e. The minimum atomic E-state index is -0.516. The number of ketones is 1. The van der Waals surface area contributed by atoms with Crippen molar-refractivity contribution in [2.75, 3.05) is 0 Å². The Hall–Kier alpha value is -4.52. The first kappa shape index (κ1) is 28.3. The molecule has 2 aromatic carbocycles. The van der Waals surface area contributed by atoms with Crippen LogP contribution < -0.4 is 5.32 Å². The quantitative estimate of drug-likeness (QED) is 0.198. The highest BCUT2D eigenvalue weighted by Crippen LogP contribution is 2.43. The van der Waals surface area contributed by atoms with E-state index in [-0.39, 0.29) is 11.7 Å². The van der Waals surface area contributed by atoms with Crippen LogP contribution in [0, 0.1) is 6.92 Å². The number of fused-ring (bicyclic) bond motifs is 2. The first-order valence-corrected chi connectivity index (χ1v) is 15.9. The van der Waals surface area contributed by atoms with Crippen LogP contribution in [-0.4, -0.2) is 30.8 Å². The van der Waals surface area contributed by atoms with Gasteiger partial charge in [0.05, 0.1) is 28.0 Å². The Kier molecular flexibility index (Phi) is 7.19. The van der Waals surface area contributed by atoms with Gasteiger partial charge in [0.25, 0.3) is 5.91 Å². The van der Waals surface area contributed by atoms with Crippen molar-refractivity contribution >= 4 is 39.7 Å². The molecule has 7 nitrogen and oxygen atoms in total. The summed E-state index contributed by atoms with van der Waals surface area (Å²) in [6.07, 6.45) is 14.1. The number of allylic oxidation sites excluding steroid dienone is 1. The summed E-state index contributed by atoms with van der Waals surface area (Å²) in [5.74, 6) is 0.810. The molecule has 0 bridgehead atoms. The molecule has 2 saturated carbocycles. The molecule has 7 rings (SSSR count). The summed E-state index contributed by atoms with van der Waals surface area (Å²) >= 11 is 0. The predicted molar refractivity (Wildman–Crippen MR) is 175 cm³/mol. The van der Waals surface area contributed by atoms with Crippen molar-refractivity contribution in [2.45, 2.75) is 76.8 Å². The first-order chi connectivity index (χ1) is 21.3. The number of benzene rings is 2. The Labute approximate surface area is 258 Å². The third kappa shape index (κ3) is 4.84. The van der Waals surface area contributed by atoms with Gasteiger partial charge in [0.15, 0.2) is 5.78 Å². The maximum atomic E-state index is 14.0. The number of amides is 1. The van der Waals surface area contributed by atoms with Gasteiger partial charge in [-0.05, 0) is 106 Å². The Balaban J connectivity index is 1.24. The van der Waals surface area contributed by atoms with Crippen LogP contribution in [0.2, 0.25) is 0 Å². The summed E-state index contributed by atoms with van der Waals surface area (Å²) < 4.78 is 4.59. The summed E-state index contributed by atoms with van der Waals surface area (Å²) in [6.45, 7) is 3.71. The highest BCUT2D eigenvalue weighted by molar-refractivity contribution is 6.01. The number of pyridine rings is 1. The molecule has 0 unspecified atom stereocenters. The molecule has 44 heavy (non-hydrogen) atoms. The van der Waals surface area contributed by atoms with Crippen molar-refractivity contribution in [1.29, 1.82) is 0 Å². The van der Waals surface area contributed by atoms with Gasteiger partial charge in [-0.3, -0.25) is 14.6 Å². The Morgan fingerprint density at radius 1 is 0.977 bits per heavy atom. The van der Waals surface area contributed by atoms with Crippen LogP contribution >= 0.6 is 0 Å². The van der Waals surface area contributed by atoms with E-state index in [9.17, 15) is 9.59 Å². The highest BCUT2D eigenvalue weighted by Gasteiger charge is 2.44. The molecule has 3 heterocycles. The van der Waals surface area contributed by atoms with Crippen LogP contribution in [0.3, 0.4) is 0 Å². The lowest BCUT2D eigenvalue weighted by Crippen LogP contribution is -2.52. The molecule has 5 aromatic rings. The lowest BCUT2D eigenvalue weighted by Gasteiger charge is -2.41. The fourth-order valence-electron chi connectivity index (χ4n) is 7.33. The zero-order chi connectivity index (χ0) is 30.4. The van der Waals surface area contributed by atoms with Gasteiger partial charge >= 0.3 is 0 Å². The summed E-state index contributed by atoms with van der Waals surface area (Å²) in [5, 5.41) is 4.53. The van der Waals surface area contributed by atoms with Crippen molar-refractivity contribution < 1.29 is 9.59 Å². The molecule has 2 fully saturated rings. The van der Waals surface area contributed by atoms with E-state index in [4.69, 9.17) is 9.97 Å². The highest BCUT2D eigenvalue weighted by atomic mass is 16.2. The Morgan fingerprint density at radius 3 is 2.50 bits per heavy atom. The fraction of sp³-hybridized carbons (Fsp3) is 0.351. The SMILES string of the molecule is CC(=O)/C=C/c1ccc2nc(C3(NC(=O)c4ccc5c(c4)c(C)c(-c4ccccn4)n5C4CCCCC4)CCC3)n(C)c2c1. The van der Waals surface area contributed by atoms with Crippen molar-refractivity contribution in [3.05, 3.63) is 89.4 Å². The lowest BCUT2D eigenvalue weighted by atomic mass is 9.75. The van der Waals surface area contributed by atoms with Gasteiger partial charge in [-0.15, -0.1) is 0 Å². The van der Waals surface area contributed by atoms with E-state index in [0.29, 0.717) is 11.6 Å². The van der Waals surface area contributed by atoms with E-state index < -0.39 is 5.54 Å². The number of carbonyl (C=O) groups is 2. The number of aromatic nitrogens is 4. The van der Waals surface area contributed by atoms with Gasteiger partial charge < -0.3 is 14.5 Å². The van der Waals surface area contributed by atoms with Crippen molar-refractivity contribution in [3.8, 4) is 11.4 Å². The summed E-state index contributed by atoms with van der Waals surface area (Å²) in [6, 6.07) is 18.7. The van der Waals surface area contributed by atoms with Gasteiger partial charge in [0.1, 0.15) is 5.82 Å². The maximum absolute atomic E-state index is 14.0. The molecule has 2 aliphatic rings. The van der Waals surface area contributed by atoms with Crippen LogP contribution in [0.15, 0.2) is 66.9 Å². The van der Waals surface area contributed by atoms with Gasteiger partial charge in [0.2, 0.25) is 0 Å². The molecular weight excluding hydrogens is 546 g/mol. The molecule has 0 radical (unpaired) electrons. The number of carbonyl (C=O) groups excluding carboxylic acids is 2. The second-order valence-electron chi connectivity index (χ2n) is 12.7. The standard InChI is InChI=1S/C37H39N5O2/c1-24(43)13-14-26-15-17-30-33(22-26)41(3)36(39-30)37(19-9-20-37)40-35(44)27-16-18-32-29(23-27)25(2)34(31-12-7-8-21-38-31)42(32)28-10-5-4-6-11-28/h7-8,12-18,21-23,28H,4-6,9-11,19-20H2,1-3H3,(H,40,44)/b14-13+. The first-order valence-electron chi connectivity index (χ1n) is 15.9. The summed E-state index contributed by atoms with van der Waals surface area (Å²) in [5.41, 5.74) is 7.44. The number of hydrogen-bond acceptors (Lipinski definition) is 4. The summed E-state index contributed by atoms with van der Waals surface area (Å²) in [7, 11) is 2.01. The minimum absolute atomic E-state index is 0.0128. The molecule has 1 amide bonds. The van der Waals surface area contributed by atoms with E-state index >= 15 is 0 Å². The van der Waals surface area contributed by atoms with Crippen molar-refractivity contribution in [3.63, 3.8) is 0 Å². The molecule has 0 atom stereocenters. The third-order valence-electron chi connectivity index (χ3n) is 9.77. The van der Waals surface area contributed by atoms with E-state index in [0.717, 1.165) is 58.5 Å². The van der Waals surface area contributed by atoms with Gasteiger partial charge in [-0.2, -0.15) is 0 Å². The van der Waals surface area contributed by atoms with E-state index in [1.54, 1.807) is 13.0 Å². The average Bonchev–Trinajstić information content (AvgIpc) is 3.51. The number of nitrogens with zero attached hydrogens (tertiary/aromatic N) is 4. The fourth-order valence-corrected chi connectivity index (χ4v) is 7.33. The molecule has 224 valence electrons. The van der Waals surface area contributed by atoms with Gasteiger partial charge in [-0.1, -0.05) is 37.5 Å². The number of hydrogen-bond donors (Lipinski definition) is 1. The van der Waals surface area contributed by atoms with E-state index in [1.807, 2.05) is 55.7 Å². The zero-order valence-electron chi connectivity index (χ0n) is 25.8. The number of imidazole rings is 1. The molecule has 2 aliphatic carbocycles. The monoisotopic (exact) mass is 585 g/mol. The zero-order valence-corrected chi connectivity index (χ0v) is 25.8. The number of aryl methyl sites for hydroxylation is 2. The van der Waals surface area contributed by atoms with Gasteiger partial charge in [-0.25, -0.2) is 4.98 Å². The summed E-state index contributed by atoms with van der Waals surface area (Å²) in [4.78, 5) is 35.2. The van der Waals surface area contributed by atoms with Crippen molar-refractivity contribution in [2.24, 2.45) is 7.05 Å². The molecule has 0 spiro atoms. The molecule has 1 N–H and O–H groups in total. The Bertz CT molecular complexity index is 1920. The molecule has 7 heteroatoms. The minimum Gasteiger partial charge on any atom is -0.339 e. The van der Waals surface area contributed by atoms with Crippen molar-refractivity contribution in [1.82, 2.24) is 24.4 Å². The Morgan fingerprint density at radius 2 is 1.80 bits per heavy atom. The van der Waals surface area contributed by atoms with Crippen LogP contribution in [0.4, 0.5) is 0 Å². The molecule has 0 saturated heterocycles. The normalized spacial score (nSPS) is 16.9. The lowest BCUT2D eigenvalue weighted by molar-refractivity contribution is -0.112.